The molecule has 0 fully saturated rings. The summed E-state index contributed by atoms with van der Waals surface area (Å²) in [5, 5.41) is 3.21. The third-order valence-corrected chi connectivity index (χ3v) is 2.07. The molecule has 0 spiro atoms. The zero-order valence-electron chi connectivity index (χ0n) is 8.57. The highest BCUT2D eigenvalue weighted by molar-refractivity contribution is 5.59. The molecule has 0 aliphatic rings. The van der Waals surface area contributed by atoms with E-state index in [1.807, 2.05) is 49.4 Å². The summed E-state index contributed by atoms with van der Waals surface area (Å²) in [5.41, 5.74) is 8.35. The first kappa shape index (κ1) is 9.52. The van der Waals surface area contributed by atoms with E-state index in [1.165, 1.54) is 0 Å². The molecular formula is C12H13N3. The molecule has 1 aromatic carbocycles. The molecule has 0 saturated heterocycles. The maximum atomic E-state index is 5.60. The third-order valence-electron chi connectivity index (χ3n) is 2.07. The monoisotopic (exact) mass is 199 g/mol. The summed E-state index contributed by atoms with van der Waals surface area (Å²) < 4.78 is 0. The van der Waals surface area contributed by atoms with Gasteiger partial charge < -0.3 is 11.1 Å². The molecule has 0 atom stereocenters. The lowest BCUT2D eigenvalue weighted by molar-refractivity contribution is 1.20. The summed E-state index contributed by atoms with van der Waals surface area (Å²) in [7, 11) is 0. The number of rotatable bonds is 2. The molecule has 0 aliphatic carbocycles. The minimum atomic E-state index is 0.762. The van der Waals surface area contributed by atoms with Crippen LogP contribution in [0.4, 0.5) is 17.2 Å². The Kier molecular flexibility index (Phi) is 2.54. The molecule has 15 heavy (non-hydrogen) atoms. The van der Waals surface area contributed by atoms with Gasteiger partial charge >= 0.3 is 0 Å². The van der Waals surface area contributed by atoms with Crippen molar-refractivity contribution in [2.24, 2.45) is 0 Å². The number of aryl methyl sites for hydroxylation is 1. The summed E-state index contributed by atoms with van der Waals surface area (Å²) in [4.78, 5) is 4.35. The Morgan fingerprint density at radius 1 is 1.07 bits per heavy atom. The van der Waals surface area contributed by atoms with E-state index >= 15 is 0 Å². The normalized spacial score (nSPS) is 9.93. The molecule has 0 unspecified atom stereocenters. The number of hydrogen-bond acceptors (Lipinski definition) is 3. The van der Waals surface area contributed by atoms with Gasteiger partial charge in [-0.3, -0.25) is 0 Å². The topological polar surface area (TPSA) is 50.9 Å². The van der Waals surface area contributed by atoms with Crippen LogP contribution in [0.2, 0.25) is 0 Å². The van der Waals surface area contributed by atoms with Crippen LogP contribution >= 0.6 is 0 Å². The van der Waals surface area contributed by atoms with Gasteiger partial charge in [-0.25, -0.2) is 4.98 Å². The van der Waals surface area contributed by atoms with E-state index in [4.69, 9.17) is 5.73 Å². The van der Waals surface area contributed by atoms with Crippen LogP contribution in [0.5, 0.6) is 0 Å². The van der Waals surface area contributed by atoms with Crippen LogP contribution in [0.25, 0.3) is 0 Å². The summed E-state index contributed by atoms with van der Waals surface area (Å²) >= 11 is 0. The van der Waals surface area contributed by atoms with Crippen LogP contribution in [0.3, 0.4) is 0 Å². The predicted octanol–water partition coefficient (Wildman–Crippen LogP) is 2.72. The smallest absolute Gasteiger partial charge is 0.130 e. The standard InChI is InChI=1S/C12H13N3/c1-9-3-2-4-12(14-9)15-11-7-5-10(13)6-8-11/h2-8H,13H2,1H3,(H,14,15). The largest absolute Gasteiger partial charge is 0.399 e. The molecule has 2 rings (SSSR count). The first-order valence-corrected chi connectivity index (χ1v) is 4.80. The van der Waals surface area contributed by atoms with Gasteiger partial charge in [0.05, 0.1) is 0 Å². The van der Waals surface area contributed by atoms with E-state index < -0.39 is 0 Å². The lowest BCUT2D eigenvalue weighted by atomic mass is 10.3. The van der Waals surface area contributed by atoms with Gasteiger partial charge in [0.2, 0.25) is 0 Å². The fourth-order valence-electron chi connectivity index (χ4n) is 1.33. The van der Waals surface area contributed by atoms with Crippen molar-refractivity contribution in [2.75, 3.05) is 11.1 Å². The Labute approximate surface area is 89.0 Å². The highest BCUT2D eigenvalue weighted by Gasteiger charge is 1.95. The maximum Gasteiger partial charge on any atom is 0.130 e. The fourth-order valence-corrected chi connectivity index (χ4v) is 1.33. The molecule has 3 N–H and O–H groups in total. The average molecular weight is 199 g/mol. The number of nitrogens with two attached hydrogens (primary N) is 1. The van der Waals surface area contributed by atoms with E-state index in [0.717, 1.165) is 22.9 Å². The number of anilines is 3. The SMILES string of the molecule is Cc1cccc(Nc2ccc(N)cc2)n1. The molecule has 0 aliphatic heterocycles. The Bertz CT molecular complexity index is 449. The summed E-state index contributed by atoms with van der Waals surface area (Å²) in [6.45, 7) is 1.97. The van der Waals surface area contributed by atoms with E-state index in [-0.39, 0.29) is 0 Å². The number of aromatic nitrogens is 1. The number of pyridine rings is 1. The second kappa shape index (κ2) is 4.00. The van der Waals surface area contributed by atoms with Crippen LogP contribution in [-0.2, 0) is 0 Å². The number of nitrogen functional groups attached to an aromatic ring is 1. The Hall–Kier alpha value is -2.03. The van der Waals surface area contributed by atoms with E-state index in [2.05, 4.69) is 10.3 Å². The zero-order chi connectivity index (χ0) is 10.7. The van der Waals surface area contributed by atoms with Crippen molar-refractivity contribution < 1.29 is 0 Å². The predicted molar refractivity (Wildman–Crippen MR) is 63.1 cm³/mol. The molecule has 3 heteroatoms. The van der Waals surface area contributed by atoms with Crippen molar-refractivity contribution >= 4 is 17.2 Å². The first-order valence-electron chi connectivity index (χ1n) is 4.80. The Morgan fingerprint density at radius 2 is 1.80 bits per heavy atom. The van der Waals surface area contributed by atoms with Gasteiger partial charge in [0.1, 0.15) is 5.82 Å². The highest BCUT2D eigenvalue weighted by Crippen LogP contribution is 2.15. The highest BCUT2D eigenvalue weighted by atomic mass is 15.0. The molecule has 0 saturated carbocycles. The average Bonchev–Trinajstić information content (AvgIpc) is 2.22. The quantitative estimate of drug-likeness (QED) is 0.731. The maximum absolute atomic E-state index is 5.60. The molecule has 3 nitrogen and oxygen atoms in total. The van der Waals surface area contributed by atoms with Gasteiger partial charge in [0.15, 0.2) is 0 Å². The number of benzene rings is 1. The second-order valence-corrected chi connectivity index (χ2v) is 3.41. The number of nitrogens with one attached hydrogen (secondary N) is 1. The van der Waals surface area contributed by atoms with Crippen molar-refractivity contribution in [3.05, 3.63) is 48.2 Å². The van der Waals surface area contributed by atoms with Crippen molar-refractivity contribution in [3.63, 3.8) is 0 Å². The van der Waals surface area contributed by atoms with Gasteiger partial charge in [-0.1, -0.05) is 6.07 Å². The van der Waals surface area contributed by atoms with Gasteiger partial charge in [-0.2, -0.15) is 0 Å². The van der Waals surface area contributed by atoms with Crippen molar-refractivity contribution in [1.82, 2.24) is 4.98 Å². The summed E-state index contributed by atoms with van der Waals surface area (Å²) in [5.74, 6) is 0.847. The minimum absolute atomic E-state index is 0.762. The Morgan fingerprint density at radius 3 is 2.47 bits per heavy atom. The van der Waals surface area contributed by atoms with Crippen LogP contribution in [0.1, 0.15) is 5.69 Å². The second-order valence-electron chi connectivity index (χ2n) is 3.41. The van der Waals surface area contributed by atoms with Gasteiger partial charge in [0.25, 0.3) is 0 Å². The van der Waals surface area contributed by atoms with Crippen molar-refractivity contribution in [2.45, 2.75) is 6.92 Å². The van der Waals surface area contributed by atoms with Crippen molar-refractivity contribution in [1.29, 1.82) is 0 Å². The molecule has 2 aromatic rings. The zero-order valence-corrected chi connectivity index (χ0v) is 8.57. The molecular weight excluding hydrogens is 186 g/mol. The molecule has 0 amide bonds. The molecule has 76 valence electrons. The van der Waals surface area contributed by atoms with Gasteiger partial charge in [0, 0.05) is 17.1 Å². The van der Waals surface area contributed by atoms with Crippen LogP contribution in [0, 0.1) is 6.92 Å². The number of hydrogen-bond donors (Lipinski definition) is 2. The van der Waals surface area contributed by atoms with E-state index in [9.17, 15) is 0 Å². The van der Waals surface area contributed by atoms with E-state index in [0.29, 0.717) is 0 Å². The molecule has 1 heterocycles. The summed E-state index contributed by atoms with van der Waals surface area (Å²) in [6.07, 6.45) is 0. The molecule has 0 bridgehead atoms. The molecule has 0 radical (unpaired) electrons. The van der Waals surface area contributed by atoms with Crippen LogP contribution < -0.4 is 11.1 Å². The third kappa shape index (κ3) is 2.47. The number of nitrogens with zero attached hydrogens (tertiary/aromatic N) is 1. The van der Waals surface area contributed by atoms with Gasteiger partial charge in [-0.05, 0) is 43.3 Å². The first-order chi connectivity index (χ1) is 7.24. The molecule has 1 aromatic heterocycles. The van der Waals surface area contributed by atoms with Crippen molar-refractivity contribution in [3.8, 4) is 0 Å². The summed E-state index contributed by atoms with van der Waals surface area (Å²) in [6, 6.07) is 13.5. The van der Waals surface area contributed by atoms with Crippen LogP contribution in [-0.4, -0.2) is 4.98 Å². The minimum Gasteiger partial charge on any atom is -0.399 e. The fraction of sp³-hybridized carbons (Fsp3) is 0.0833. The lowest BCUT2D eigenvalue weighted by Gasteiger charge is -2.05. The Balaban J connectivity index is 2.18. The van der Waals surface area contributed by atoms with Crippen LogP contribution in [0.15, 0.2) is 42.5 Å². The van der Waals surface area contributed by atoms with E-state index in [1.54, 1.807) is 0 Å². The van der Waals surface area contributed by atoms with Gasteiger partial charge in [-0.15, -0.1) is 0 Å². The lowest BCUT2D eigenvalue weighted by Crippen LogP contribution is -1.94.